The highest BCUT2D eigenvalue weighted by Crippen LogP contribution is 2.42. The van der Waals surface area contributed by atoms with E-state index in [1.807, 2.05) is 18.2 Å². The molecule has 0 spiro atoms. The number of aromatic nitrogens is 3. The summed E-state index contributed by atoms with van der Waals surface area (Å²) in [6, 6.07) is 9.43. The van der Waals surface area contributed by atoms with Crippen LogP contribution in [0.3, 0.4) is 0 Å². The van der Waals surface area contributed by atoms with Gasteiger partial charge in [-0.05, 0) is 43.2 Å². The number of imidazole rings is 1. The first-order valence-electron chi connectivity index (χ1n) is 6.98. The highest BCUT2D eigenvalue weighted by atomic mass is 16.5. The summed E-state index contributed by atoms with van der Waals surface area (Å²) < 4.78 is 7.39. The molecule has 0 aliphatic heterocycles. The molecule has 0 saturated heterocycles. The van der Waals surface area contributed by atoms with Gasteiger partial charge in [-0.25, -0.2) is 9.97 Å². The van der Waals surface area contributed by atoms with E-state index < -0.39 is 0 Å². The molecule has 2 heterocycles. The topological polar surface area (TPSA) is 60.2 Å². The maximum absolute atomic E-state index is 10.2. The van der Waals surface area contributed by atoms with Crippen LogP contribution in [0, 0.1) is 0 Å². The van der Waals surface area contributed by atoms with Crippen LogP contribution in [0.25, 0.3) is 22.6 Å². The fraction of sp³-hybridized carbons (Fsp3) is 0.250. The van der Waals surface area contributed by atoms with Crippen LogP contribution in [0.2, 0.25) is 0 Å². The number of pyridine rings is 1. The van der Waals surface area contributed by atoms with Crippen LogP contribution in [0.1, 0.15) is 18.9 Å². The second kappa shape index (κ2) is 4.48. The Balaban J connectivity index is 2.00. The number of hydrogen-bond donors (Lipinski definition) is 1. The number of ether oxygens (including phenoxy) is 1. The van der Waals surface area contributed by atoms with Gasteiger partial charge in [0.05, 0.1) is 12.7 Å². The number of rotatable bonds is 3. The summed E-state index contributed by atoms with van der Waals surface area (Å²) >= 11 is 0. The Morgan fingerprint density at radius 1 is 1.29 bits per heavy atom. The highest BCUT2D eigenvalue weighted by Gasteiger charge is 2.30. The quantitative estimate of drug-likeness (QED) is 0.801. The number of aromatic hydroxyl groups is 1. The smallest absolute Gasteiger partial charge is 0.160 e. The molecule has 3 aromatic rings. The number of fused-ring (bicyclic) bond motifs is 1. The Hall–Kier alpha value is -2.56. The van der Waals surface area contributed by atoms with Crippen molar-refractivity contribution in [1.29, 1.82) is 0 Å². The van der Waals surface area contributed by atoms with Crippen LogP contribution in [0.4, 0.5) is 0 Å². The van der Waals surface area contributed by atoms with Crippen LogP contribution in [-0.4, -0.2) is 26.8 Å². The third-order valence-electron chi connectivity index (χ3n) is 3.81. The molecular weight excluding hydrogens is 266 g/mol. The van der Waals surface area contributed by atoms with Gasteiger partial charge in [-0.2, -0.15) is 0 Å². The standard InChI is InChI=1S/C16H15N3O2/c1-21-11-6-7-14(20)12(9-11)15-18-13-3-2-8-17-16(13)19(15)10-4-5-10/h2-3,6-10,20H,4-5H2,1H3. The Morgan fingerprint density at radius 3 is 2.90 bits per heavy atom. The van der Waals surface area contributed by atoms with Gasteiger partial charge in [0.1, 0.15) is 22.8 Å². The van der Waals surface area contributed by atoms with E-state index in [2.05, 4.69) is 14.5 Å². The van der Waals surface area contributed by atoms with Crippen molar-refractivity contribution < 1.29 is 9.84 Å². The molecule has 0 unspecified atom stereocenters. The van der Waals surface area contributed by atoms with Crippen molar-refractivity contribution in [3.63, 3.8) is 0 Å². The minimum Gasteiger partial charge on any atom is -0.507 e. The number of nitrogens with zero attached hydrogens (tertiary/aromatic N) is 3. The lowest BCUT2D eigenvalue weighted by molar-refractivity contribution is 0.412. The molecule has 5 nitrogen and oxygen atoms in total. The highest BCUT2D eigenvalue weighted by molar-refractivity contribution is 5.79. The number of hydrogen-bond acceptors (Lipinski definition) is 4. The second-order valence-corrected chi connectivity index (χ2v) is 5.27. The Kier molecular flexibility index (Phi) is 2.60. The fourth-order valence-electron chi connectivity index (χ4n) is 2.62. The van der Waals surface area contributed by atoms with Crippen molar-refractivity contribution in [3.8, 4) is 22.9 Å². The Labute approximate surface area is 121 Å². The van der Waals surface area contributed by atoms with E-state index in [9.17, 15) is 5.11 Å². The zero-order chi connectivity index (χ0) is 14.4. The van der Waals surface area contributed by atoms with Gasteiger partial charge in [-0.1, -0.05) is 0 Å². The lowest BCUT2D eigenvalue weighted by Gasteiger charge is -2.10. The molecule has 2 aromatic heterocycles. The van der Waals surface area contributed by atoms with Crippen molar-refractivity contribution in [2.75, 3.05) is 7.11 Å². The van der Waals surface area contributed by atoms with Crippen molar-refractivity contribution in [2.45, 2.75) is 18.9 Å². The third kappa shape index (κ3) is 1.93. The number of phenols is 1. The largest absolute Gasteiger partial charge is 0.507 e. The average Bonchev–Trinajstić information content (AvgIpc) is 3.28. The molecule has 1 N–H and O–H groups in total. The summed E-state index contributed by atoms with van der Waals surface area (Å²) in [7, 11) is 1.61. The monoisotopic (exact) mass is 281 g/mol. The van der Waals surface area contributed by atoms with Gasteiger partial charge in [-0.3, -0.25) is 0 Å². The minimum atomic E-state index is 0.202. The molecular formula is C16H15N3O2. The third-order valence-corrected chi connectivity index (χ3v) is 3.81. The summed E-state index contributed by atoms with van der Waals surface area (Å²) in [5, 5.41) is 10.2. The number of benzene rings is 1. The molecule has 21 heavy (non-hydrogen) atoms. The maximum atomic E-state index is 10.2. The number of methoxy groups -OCH3 is 1. The van der Waals surface area contributed by atoms with Gasteiger partial charge in [-0.15, -0.1) is 0 Å². The van der Waals surface area contributed by atoms with E-state index >= 15 is 0 Å². The molecule has 1 aromatic carbocycles. The second-order valence-electron chi connectivity index (χ2n) is 5.27. The molecule has 1 aliphatic carbocycles. The number of phenolic OH excluding ortho intramolecular Hbond substituents is 1. The Bertz CT molecular complexity index is 822. The lowest BCUT2D eigenvalue weighted by atomic mass is 10.1. The van der Waals surface area contributed by atoms with Crippen molar-refractivity contribution in [3.05, 3.63) is 36.5 Å². The Morgan fingerprint density at radius 2 is 2.14 bits per heavy atom. The molecule has 1 saturated carbocycles. The van der Waals surface area contributed by atoms with E-state index in [4.69, 9.17) is 4.74 Å². The molecule has 0 bridgehead atoms. The zero-order valence-corrected chi connectivity index (χ0v) is 11.7. The average molecular weight is 281 g/mol. The van der Waals surface area contributed by atoms with Crippen LogP contribution < -0.4 is 4.74 Å². The first-order chi connectivity index (χ1) is 10.3. The zero-order valence-electron chi connectivity index (χ0n) is 11.7. The molecule has 106 valence electrons. The van der Waals surface area contributed by atoms with Crippen molar-refractivity contribution in [2.24, 2.45) is 0 Å². The summed E-state index contributed by atoms with van der Waals surface area (Å²) in [5.41, 5.74) is 2.40. The predicted molar refractivity (Wildman–Crippen MR) is 79.5 cm³/mol. The normalized spacial score (nSPS) is 14.5. The van der Waals surface area contributed by atoms with E-state index in [0.717, 1.165) is 29.8 Å². The van der Waals surface area contributed by atoms with E-state index in [1.54, 1.807) is 25.4 Å². The van der Waals surface area contributed by atoms with Gasteiger partial charge in [0.25, 0.3) is 0 Å². The first kappa shape index (κ1) is 12.2. The fourth-order valence-corrected chi connectivity index (χ4v) is 2.62. The first-order valence-corrected chi connectivity index (χ1v) is 6.98. The molecule has 5 heteroatoms. The van der Waals surface area contributed by atoms with Gasteiger partial charge in [0.2, 0.25) is 0 Å². The van der Waals surface area contributed by atoms with Crippen LogP contribution in [-0.2, 0) is 0 Å². The van der Waals surface area contributed by atoms with Gasteiger partial charge >= 0.3 is 0 Å². The van der Waals surface area contributed by atoms with Crippen molar-refractivity contribution >= 4 is 11.2 Å². The lowest BCUT2D eigenvalue weighted by Crippen LogP contribution is -1.99. The van der Waals surface area contributed by atoms with Crippen LogP contribution >= 0.6 is 0 Å². The summed E-state index contributed by atoms with van der Waals surface area (Å²) in [6.45, 7) is 0. The van der Waals surface area contributed by atoms with E-state index in [1.165, 1.54) is 0 Å². The molecule has 1 fully saturated rings. The maximum Gasteiger partial charge on any atom is 0.160 e. The van der Waals surface area contributed by atoms with E-state index in [0.29, 0.717) is 17.4 Å². The van der Waals surface area contributed by atoms with Crippen LogP contribution in [0.15, 0.2) is 36.5 Å². The summed E-state index contributed by atoms with van der Waals surface area (Å²) in [5.74, 6) is 1.65. The molecule has 4 rings (SSSR count). The minimum absolute atomic E-state index is 0.202. The summed E-state index contributed by atoms with van der Waals surface area (Å²) in [6.07, 6.45) is 4.03. The van der Waals surface area contributed by atoms with Crippen molar-refractivity contribution in [1.82, 2.24) is 14.5 Å². The van der Waals surface area contributed by atoms with Gasteiger partial charge in [0.15, 0.2) is 5.65 Å². The summed E-state index contributed by atoms with van der Waals surface area (Å²) in [4.78, 5) is 9.11. The van der Waals surface area contributed by atoms with E-state index in [-0.39, 0.29) is 5.75 Å². The molecule has 1 aliphatic rings. The predicted octanol–water partition coefficient (Wildman–Crippen LogP) is 3.15. The molecule has 0 atom stereocenters. The van der Waals surface area contributed by atoms with Gasteiger partial charge < -0.3 is 14.4 Å². The van der Waals surface area contributed by atoms with Crippen LogP contribution in [0.5, 0.6) is 11.5 Å². The SMILES string of the molecule is COc1ccc(O)c(-c2nc3cccnc3n2C2CC2)c1. The molecule has 0 radical (unpaired) electrons. The molecule has 0 amide bonds. The van der Waals surface area contributed by atoms with Gasteiger partial charge in [0, 0.05) is 12.2 Å².